The summed E-state index contributed by atoms with van der Waals surface area (Å²) in [6.07, 6.45) is 6.56. The third kappa shape index (κ3) is 3.42. The molecule has 2 N–H and O–H groups in total. The maximum absolute atomic E-state index is 11.9. The van der Waals surface area contributed by atoms with Crippen molar-refractivity contribution in [1.82, 2.24) is 10.3 Å². The smallest absolute Gasteiger partial charge is 0.340 e. The van der Waals surface area contributed by atoms with Crippen molar-refractivity contribution in [2.75, 3.05) is 6.61 Å². The summed E-state index contributed by atoms with van der Waals surface area (Å²) in [6, 6.07) is 0.623. The van der Waals surface area contributed by atoms with E-state index in [1.807, 2.05) is 20.8 Å². The normalized spacial score (nSPS) is 16.4. The Labute approximate surface area is 121 Å². The second kappa shape index (κ2) is 6.93. The number of aromatic nitrogens is 1. The van der Waals surface area contributed by atoms with Crippen LogP contribution in [0.4, 0.5) is 0 Å². The van der Waals surface area contributed by atoms with Crippen molar-refractivity contribution in [3.63, 3.8) is 0 Å². The average Bonchev–Trinajstić information content (AvgIpc) is 2.72. The highest BCUT2D eigenvalue weighted by atomic mass is 16.5. The molecule has 112 valence electrons. The topological polar surface area (TPSA) is 54.1 Å². The molecule has 1 heterocycles. The van der Waals surface area contributed by atoms with Crippen LogP contribution in [0.5, 0.6) is 0 Å². The highest BCUT2D eigenvalue weighted by molar-refractivity contribution is 5.92. The lowest BCUT2D eigenvalue weighted by Gasteiger charge is -2.22. The lowest BCUT2D eigenvalue weighted by Crippen LogP contribution is -2.30. The van der Waals surface area contributed by atoms with Crippen LogP contribution < -0.4 is 5.32 Å². The molecule has 1 aromatic rings. The van der Waals surface area contributed by atoms with Crippen molar-refractivity contribution in [2.24, 2.45) is 0 Å². The molecule has 0 radical (unpaired) electrons. The number of carbonyl (C=O) groups excluding carboxylic acids is 1. The van der Waals surface area contributed by atoms with Gasteiger partial charge in [-0.05, 0) is 39.2 Å². The number of hydrogen-bond donors (Lipinski definition) is 2. The van der Waals surface area contributed by atoms with Crippen LogP contribution in [-0.4, -0.2) is 23.6 Å². The SMILES string of the molecule is CCOC(=O)c1c(C)[nH]c(CNC2CCCCC2)c1C. The molecule has 0 spiro atoms. The minimum atomic E-state index is -0.220. The molecule has 4 nitrogen and oxygen atoms in total. The highest BCUT2D eigenvalue weighted by Crippen LogP contribution is 2.21. The van der Waals surface area contributed by atoms with Gasteiger partial charge in [-0.25, -0.2) is 4.79 Å². The first-order chi connectivity index (χ1) is 9.63. The third-order valence-electron chi connectivity index (χ3n) is 4.19. The van der Waals surface area contributed by atoms with E-state index in [4.69, 9.17) is 4.74 Å². The summed E-state index contributed by atoms with van der Waals surface area (Å²) in [6.45, 7) is 6.98. The van der Waals surface area contributed by atoms with Crippen LogP contribution in [0.15, 0.2) is 0 Å². The van der Waals surface area contributed by atoms with E-state index < -0.39 is 0 Å². The fourth-order valence-electron chi connectivity index (χ4n) is 3.05. The fourth-order valence-corrected chi connectivity index (χ4v) is 3.05. The quantitative estimate of drug-likeness (QED) is 0.813. The van der Waals surface area contributed by atoms with E-state index in [9.17, 15) is 4.79 Å². The Bertz CT molecular complexity index is 459. The molecular formula is C16H26N2O2. The van der Waals surface area contributed by atoms with Crippen molar-refractivity contribution in [2.45, 2.75) is 65.5 Å². The van der Waals surface area contributed by atoms with Crippen LogP contribution in [0.25, 0.3) is 0 Å². The summed E-state index contributed by atoms with van der Waals surface area (Å²) in [4.78, 5) is 15.3. The summed E-state index contributed by atoms with van der Waals surface area (Å²) >= 11 is 0. The van der Waals surface area contributed by atoms with Crippen molar-refractivity contribution in [3.05, 3.63) is 22.5 Å². The van der Waals surface area contributed by atoms with Gasteiger partial charge in [0.1, 0.15) is 0 Å². The molecule has 0 unspecified atom stereocenters. The number of esters is 1. The zero-order valence-electron chi connectivity index (χ0n) is 12.8. The number of rotatable bonds is 5. The maximum atomic E-state index is 11.9. The van der Waals surface area contributed by atoms with Crippen LogP contribution in [-0.2, 0) is 11.3 Å². The summed E-state index contributed by atoms with van der Waals surface area (Å²) in [5.41, 5.74) is 3.73. The Hall–Kier alpha value is -1.29. The molecule has 0 atom stereocenters. The maximum Gasteiger partial charge on any atom is 0.340 e. The van der Waals surface area contributed by atoms with Gasteiger partial charge < -0.3 is 15.0 Å². The van der Waals surface area contributed by atoms with Gasteiger partial charge in [0.25, 0.3) is 0 Å². The van der Waals surface area contributed by atoms with Crippen LogP contribution in [0.2, 0.25) is 0 Å². The molecule has 0 bridgehead atoms. The van der Waals surface area contributed by atoms with E-state index in [-0.39, 0.29) is 5.97 Å². The predicted octanol–water partition coefficient (Wildman–Crippen LogP) is 3.23. The number of aromatic amines is 1. The van der Waals surface area contributed by atoms with Gasteiger partial charge in [0.05, 0.1) is 12.2 Å². The average molecular weight is 278 g/mol. The number of ether oxygens (including phenoxy) is 1. The number of H-pyrrole nitrogens is 1. The van der Waals surface area contributed by atoms with Gasteiger partial charge in [0.15, 0.2) is 0 Å². The first-order valence-electron chi connectivity index (χ1n) is 7.72. The molecule has 1 saturated carbocycles. The number of hydrogen-bond acceptors (Lipinski definition) is 3. The van der Waals surface area contributed by atoms with Gasteiger partial charge in [-0.1, -0.05) is 19.3 Å². The molecule has 1 aliphatic carbocycles. The third-order valence-corrected chi connectivity index (χ3v) is 4.19. The minimum Gasteiger partial charge on any atom is -0.462 e. The van der Waals surface area contributed by atoms with Crippen molar-refractivity contribution < 1.29 is 9.53 Å². The Morgan fingerprint density at radius 3 is 2.65 bits per heavy atom. The molecule has 1 fully saturated rings. The molecule has 0 aromatic carbocycles. The second-order valence-electron chi connectivity index (χ2n) is 5.66. The Morgan fingerprint density at radius 2 is 2.00 bits per heavy atom. The lowest BCUT2D eigenvalue weighted by molar-refractivity contribution is 0.0525. The van der Waals surface area contributed by atoms with Crippen LogP contribution in [0.1, 0.15) is 66.3 Å². The predicted molar refractivity (Wildman–Crippen MR) is 79.9 cm³/mol. The van der Waals surface area contributed by atoms with Crippen LogP contribution in [0, 0.1) is 13.8 Å². The fraction of sp³-hybridized carbons (Fsp3) is 0.688. The molecule has 0 amide bonds. The first kappa shape index (κ1) is 15.1. The van der Waals surface area contributed by atoms with E-state index in [0.717, 1.165) is 23.5 Å². The zero-order chi connectivity index (χ0) is 14.5. The standard InChI is InChI=1S/C16H26N2O2/c1-4-20-16(19)15-11(2)14(18-12(15)3)10-17-13-8-6-5-7-9-13/h13,17-18H,4-10H2,1-3H3. The second-order valence-corrected chi connectivity index (χ2v) is 5.66. The summed E-state index contributed by atoms with van der Waals surface area (Å²) in [5.74, 6) is -0.220. The van der Waals surface area contributed by atoms with Crippen LogP contribution >= 0.6 is 0 Å². The largest absolute Gasteiger partial charge is 0.462 e. The Balaban J connectivity index is 2.01. The molecule has 2 rings (SSSR count). The van der Waals surface area contributed by atoms with E-state index in [1.165, 1.54) is 32.1 Å². The molecule has 0 aliphatic heterocycles. The lowest BCUT2D eigenvalue weighted by atomic mass is 9.95. The molecule has 0 saturated heterocycles. The van der Waals surface area contributed by atoms with Crippen LogP contribution in [0.3, 0.4) is 0 Å². The van der Waals surface area contributed by atoms with Crippen molar-refractivity contribution in [3.8, 4) is 0 Å². The molecule has 4 heteroatoms. The number of aryl methyl sites for hydroxylation is 1. The molecule has 1 aromatic heterocycles. The number of nitrogens with one attached hydrogen (secondary N) is 2. The molecule has 20 heavy (non-hydrogen) atoms. The van der Waals surface area contributed by atoms with Gasteiger partial charge >= 0.3 is 5.97 Å². The summed E-state index contributed by atoms with van der Waals surface area (Å²) in [7, 11) is 0. The molecular weight excluding hydrogens is 252 g/mol. The Kier molecular flexibility index (Phi) is 5.24. The summed E-state index contributed by atoms with van der Waals surface area (Å²) in [5, 5.41) is 3.61. The van der Waals surface area contributed by atoms with Crippen molar-refractivity contribution >= 4 is 5.97 Å². The van der Waals surface area contributed by atoms with Gasteiger partial charge in [0, 0.05) is 24.0 Å². The van der Waals surface area contributed by atoms with Gasteiger partial charge in [-0.3, -0.25) is 0 Å². The Morgan fingerprint density at radius 1 is 1.30 bits per heavy atom. The van der Waals surface area contributed by atoms with Gasteiger partial charge in [0.2, 0.25) is 0 Å². The van der Waals surface area contributed by atoms with Crippen molar-refractivity contribution in [1.29, 1.82) is 0 Å². The first-order valence-corrected chi connectivity index (χ1v) is 7.72. The number of carbonyl (C=O) groups is 1. The van der Waals surface area contributed by atoms with E-state index in [2.05, 4.69) is 10.3 Å². The zero-order valence-corrected chi connectivity index (χ0v) is 12.8. The monoisotopic (exact) mass is 278 g/mol. The van der Waals surface area contributed by atoms with Gasteiger partial charge in [-0.15, -0.1) is 0 Å². The van der Waals surface area contributed by atoms with E-state index in [1.54, 1.807) is 0 Å². The summed E-state index contributed by atoms with van der Waals surface area (Å²) < 4.78 is 5.12. The van der Waals surface area contributed by atoms with E-state index >= 15 is 0 Å². The molecule has 1 aliphatic rings. The minimum absolute atomic E-state index is 0.220. The van der Waals surface area contributed by atoms with E-state index in [0.29, 0.717) is 18.2 Å². The van der Waals surface area contributed by atoms with Gasteiger partial charge in [-0.2, -0.15) is 0 Å². The highest BCUT2D eigenvalue weighted by Gasteiger charge is 2.20.